The Kier molecular flexibility index (Phi) is 4.68. The second-order valence-corrected chi connectivity index (χ2v) is 6.26. The Hall–Kier alpha value is -1.10. The summed E-state index contributed by atoms with van der Waals surface area (Å²) in [4.78, 5) is 26.9. The highest BCUT2D eigenvalue weighted by Crippen LogP contribution is 2.36. The Bertz CT molecular complexity index is 379. The highest BCUT2D eigenvalue weighted by atomic mass is 16.5. The normalized spacial score (nSPS) is 28.8. The van der Waals surface area contributed by atoms with E-state index in [1.165, 1.54) is 0 Å². The Morgan fingerprint density at radius 1 is 1.35 bits per heavy atom. The van der Waals surface area contributed by atoms with Crippen molar-refractivity contribution in [2.24, 2.45) is 11.8 Å². The van der Waals surface area contributed by atoms with Crippen molar-refractivity contribution in [2.75, 3.05) is 13.7 Å². The van der Waals surface area contributed by atoms with Gasteiger partial charge in [0, 0.05) is 7.11 Å². The van der Waals surface area contributed by atoms with Crippen LogP contribution in [-0.4, -0.2) is 48.6 Å². The first-order chi connectivity index (χ1) is 9.51. The average molecular weight is 282 g/mol. The second kappa shape index (κ2) is 6.12. The molecule has 3 unspecified atom stereocenters. The van der Waals surface area contributed by atoms with E-state index in [0.29, 0.717) is 18.9 Å². The van der Waals surface area contributed by atoms with Crippen LogP contribution in [-0.2, 0) is 14.3 Å². The number of carbonyl (C=O) groups excluding carboxylic acids is 2. The lowest BCUT2D eigenvalue weighted by Gasteiger charge is -2.44. The van der Waals surface area contributed by atoms with Gasteiger partial charge in [-0.15, -0.1) is 0 Å². The minimum atomic E-state index is -0.361. The molecule has 5 nitrogen and oxygen atoms in total. The monoisotopic (exact) mass is 282 g/mol. The molecular weight excluding hydrogens is 256 g/mol. The number of amides is 2. The smallest absolute Gasteiger partial charge is 0.246 e. The van der Waals surface area contributed by atoms with Gasteiger partial charge >= 0.3 is 0 Å². The number of carbonyl (C=O) groups is 2. The molecule has 2 amide bonds. The van der Waals surface area contributed by atoms with Gasteiger partial charge in [0.2, 0.25) is 11.8 Å². The number of rotatable bonds is 6. The second-order valence-electron chi connectivity index (χ2n) is 6.26. The molecule has 1 heterocycles. The number of nitrogens with one attached hydrogen (secondary N) is 1. The minimum absolute atomic E-state index is 0.00856. The molecular formula is C15H26N2O3. The summed E-state index contributed by atoms with van der Waals surface area (Å²) >= 11 is 0. The molecule has 2 rings (SSSR count). The van der Waals surface area contributed by atoms with Crippen LogP contribution in [0.15, 0.2) is 0 Å². The van der Waals surface area contributed by atoms with Crippen LogP contribution in [0.4, 0.5) is 0 Å². The van der Waals surface area contributed by atoms with E-state index in [1.54, 1.807) is 12.0 Å². The van der Waals surface area contributed by atoms with Gasteiger partial charge in [-0.1, -0.05) is 20.8 Å². The van der Waals surface area contributed by atoms with Crippen molar-refractivity contribution in [1.82, 2.24) is 10.2 Å². The first-order valence-corrected chi connectivity index (χ1v) is 7.62. The van der Waals surface area contributed by atoms with Gasteiger partial charge in [0.1, 0.15) is 12.1 Å². The molecule has 2 fully saturated rings. The molecule has 2 aliphatic rings. The number of hydrogen-bond acceptors (Lipinski definition) is 3. The van der Waals surface area contributed by atoms with Crippen molar-refractivity contribution >= 4 is 11.8 Å². The van der Waals surface area contributed by atoms with Crippen LogP contribution in [0, 0.1) is 11.8 Å². The third-order valence-electron chi connectivity index (χ3n) is 4.40. The first-order valence-electron chi connectivity index (χ1n) is 7.62. The zero-order chi connectivity index (χ0) is 14.9. The van der Waals surface area contributed by atoms with Gasteiger partial charge < -0.3 is 15.0 Å². The van der Waals surface area contributed by atoms with Crippen LogP contribution in [0.3, 0.4) is 0 Å². The summed E-state index contributed by atoms with van der Waals surface area (Å²) in [6.07, 6.45) is 2.72. The molecule has 0 aromatic heterocycles. The number of hydrogen-bond donors (Lipinski definition) is 1. The molecule has 1 N–H and O–H groups in total. The van der Waals surface area contributed by atoms with Crippen LogP contribution < -0.4 is 5.32 Å². The number of methoxy groups -OCH3 is 1. The number of ether oxygens (including phenoxy) is 1. The maximum Gasteiger partial charge on any atom is 0.246 e. The summed E-state index contributed by atoms with van der Waals surface area (Å²) < 4.78 is 5.28. The molecule has 0 radical (unpaired) electrons. The summed E-state index contributed by atoms with van der Waals surface area (Å²) in [5.74, 6) is 0.668. The van der Waals surface area contributed by atoms with Crippen LogP contribution in [0.5, 0.6) is 0 Å². The molecule has 5 heteroatoms. The lowest BCUT2D eigenvalue weighted by Crippen LogP contribution is -2.67. The summed E-state index contributed by atoms with van der Waals surface area (Å²) in [6, 6.07) is -0.715. The third-order valence-corrected chi connectivity index (χ3v) is 4.40. The first kappa shape index (κ1) is 15.3. The highest BCUT2D eigenvalue weighted by Gasteiger charge is 2.48. The van der Waals surface area contributed by atoms with E-state index in [2.05, 4.69) is 19.2 Å². The third kappa shape index (κ3) is 2.82. The number of piperazine rings is 1. The van der Waals surface area contributed by atoms with E-state index < -0.39 is 0 Å². The van der Waals surface area contributed by atoms with Gasteiger partial charge in [-0.2, -0.15) is 0 Å². The molecule has 1 saturated carbocycles. The standard InChI is InChI=1S/C15H26N2O3/c1-5-11-14(18)16-13(10-6-7-10)15(19)17(11)12(8-20-4)9(2)3/h9-13H,5-8H2,1-4H3,(H,16,18). The lowest BCUT2D eigenvalue weighted by molar-refractivity contribution is -0.155. The fourth-order valence-electron chi connectivity index (χ4n) is 3.04. The molecule has 1 aliphatic heterocycles. The van der Waals surface area contributed by atoms with E-state index >= 15 is 0 Å². The van der Waals surface area contributed by atoms with Gasteiger partial charge in [0.25, 0.3) is 0 Å². The Labute approximate surface area is 121 Å². The average Bonchev–Trinajstić information content (AvgIpc) is 3.22. The number of nitrogens with zero attached hydrogens (tertiary/aromatic N) is 1. The fraction of sp³-hybridized carbons (Fsp3) is 0.867. The molecule has 1 aliphatic carbocycles. The van der Waals surface area contributed by atoms with Gasteiger partial charge in [-0.05, 0) is 31.1 Å². The van der Waals surface area contributed by atoms with E-state index in [0.717, 1.165) is 12.8 Å². The van der Waals surface area contributed by atoms with Crippen LogP contribution in [0.25, 0.3) is 0 Å². The van der Waals surface area contributed by atoms with Crippen molar-refractivity contribution in [1.29, 1.82) is 0 Å². The van der Waals surface area contributed by atoms with Gasteiger partial charge in [0.05, 0.1) is 12.6 Å². The van der Waals surface area contributed by atoms with Gasteiger partial charge in [-0.3, -0.25) is 9.59 Å². The molecule has 114 valence electrons. The van der Waals surface area contributed by atoms with Crippen molar-refractivity contribution in [3.8, 4) is 0 Å². The summed E-state index contributed by atoms with van der Waals surface area (Å²) in [5.41, 5.74) is 0. The van der Waals surface area contributed by atoms with Crippen LogP contribution in [0.1, 0.15) is 40.0 Å². The summed E-state index contributed by atoms with van der Waals surface area (Å²) in [6.45, 7) is 6.57. The summed E-state index contributed by atoms with van der Waals surface area (Å²) in [7, 11) is 1.64. The van der Waals surface area contributed by atoms with Crippen molar-refractivity contribution in [3.63, 3.8) is 0 Å². The summed E-state index contributed by atoms with van der Waals surface area (Å²) in [5, 5.41) is 2.92. The predicted molar refractivity (Wildman–Crippen MR) is 76.1 cm³/mol. The zero-order valence-corrected chi connectivity index (χ0v) is 12.9. The van der Waals surface area contributed by atoms with E-state index in [-0.39, 0.29) is 35.9 Å². The molecule has 0 aromatic carbocycles. The molecule has 1 saturated heterocycles. The molecule has 0 bridgehead atoms. The van der Waals surface area contributed by atoms with Crippen LogP contribution >= 0.6 is 0 Å². The van der Waals surface area contributed by atoms with Gasteiger partial charge in [-0.25, -0.2) is 0 Å². The molecule has 3 atom stereocenters. The van der Waals surface area contributed by atoms with Crippen LogP contribution in [0.2, 0.25) is 0 Å². The highest BCUT2D eigenvalue weighted by molar-refractivity contribution is 5.97. The Morgan fingerprint density at radius 2 is 2.00 bits per heavy atom. The Balaban J connectivity index is 2.26. The van der Waals surface area contributed by atoms with Crippen molar-refractivity contribution in [2.45, 2.75) is 58.2 Å². The maximum absolute atomic E-state index is 12.8. The van der Waals surface area contributed by atoms with E-state index in [9.17, 15) is 9.59 Å². The minimum Gasteiger partial charge on any atom is -0.383 e. The van der Waals surface area contributed by atoms with Crippen molar-refractivity contribution < 1.29 is 14.3 Å². The molecule has 20 heavy (non-hydrogen) atoms. The Morgan fingerprint density at radius 3 is 2.45 bits per heavy atom. The van der Waals surface area contributed by atoms with Crippen molar-refractivity contribution in [3.05, 3.63) is 0 Å². The van der Waals surface area contributed by atoms with E-state index in [1.807, 2.05) is 6.92 Å². The quantitative estimate of drug-likeness (QED) is 0.795. The largest absolute Gasteiger partial charge is 0.383 e. The lowest BCUT2D eigenvalue weighted by atomic mass is 9.94. The topological polar surface area (TPSA) is 58.6 Å². The van der Waals surface area contributed by atoms with Gasteiger partial charge in [0.15, 0.2) is 0 Å². The molecule has 0 aromatic rings. The zero-order valence-electron chi connectivity index (χ0n) is 12.9. The predicted octanol–water partition coefficient (Wildman–Crippen LogP) is 1.17. The maximum atomic E-state index is 12.8. The SMILES string of the molecule is CCC1C(=O)NC(C2CC2)C(=O)N1C(COC)C(C)C. The molecule has 0 spiro atoms. The van der Waals surface area contributed by atoms with E-state index in [4.69, 9.17) is 4.74 Å². The fourth-order valence-corrected chi connectivity index (χ4v) is 3.04.